The standard InChI is InChI=1S/C12H14N2O2/c1-7-11-10(15)6-9(8-4-2-3-5-8)13-12(11)16-14-7/h6,8H,2-5H2,1H3,(H,13,15). The first-order valence-corrected chi connectivity index (χ1v) is 5.75. The topological polar surface area (TPSA) is 58.9 Å². The van der Waals surface area contributed by atoms with Crippen LogP contribution in [0.2, 0.25) is 0 Å². The molecule has 4 nitrogen and oxygen atoms in total. The van der Waals surface area contributed by atoms with Crippen LogP contribution in [-0.4, -0.2) is 10.1 Å². The third-order valence-corrected chi connectivity index (χ3v) is 3.45. The van der Waals surface area contributed by atoms with Gasteiger partial charge in [-0.15, -0.1) is 0 Å². The number of hydrogen-bond acceptors (Lipinski definition) is 3. The fourth-order valence-corrected chi connectivity index (χ4v) is 2.58. The molecule has 0 aromatic carbocycles. The molecule has 0 aliphatic heterocycles. The van der Waals surface area contributed by atoms with Gasteiger partial charge in [0.05, 0.1) is 5.69 Å². The van der Waals surface area contributed by atoms with E-state index >= 15 is 0 Å². The van der Waals surface area contributed by atoms with Gasteiger partial charge in [-0.05, 0) is 25.7 Å². The molecule has 2 aromatic rings. The SMILES string of the molecule is Cc1noc2[nH]c(C3CCCC3)cc(=O)c12. The van der Waals surface area contributed by atoms with Gasteiger partial charge < -0.3 is 9.51 Å². The van der Waals surface area contributed by atoms with Crippen molar-refractivity contribution in [2.75, 3.05) is 0 Å². The second-order valence-corrected chi connectivity index (χ2v) is 4.54. The van der Waals surface area contributed by atoms with E-state index in [-0.39, 0.29) is 5.43 Å². The molecule has 0 bridgehead atoms. The van der Waals surface area contributed by atoms with Crippen LogP contribution in [0.4, 0.5) is 0 Å². The van der Waals surface area contributed by atoms with Gasteiger partial charge in [-0.25, -0.2) is 0 Å². The number of hydrogen-bond donors (Lipinski definition) is 1. The molecule has 1 saturated carbocycles. The number of aromatic nitrogens is 2. The molecule has 1 aliphatic carbocycles. The van der Waals surface area contributed by atoms with E-state index < -0.39 is 0 Å². The van der Waals surface area contributed by atoms with Gasteiger partial charge in [-0.2, -0.15) is 0 Å². The Bertz CT molecular complexity index is 576. The molecule has 0 amide bonds. The summed E-state index contributed by atoms with van der Waals surface area (Å²) in [4.78, 5) is 15.1. The molecule has 1 N–H and O–H groups in total. The minimum Gasteiger partial charge on any atom is -0.337 e. The van der Waals surface area contributed by atoms with Crippen LogP contribution >= 0.6 is 0 Å². The van der Waals surface area contributed by atoms with Crippen LogP contribution in [0.25, 0.3) is 11.1 Å². The van der Waals surface area contributed by atoms with E-state index in [1.165, 1.54) is 12.8 Å². The smallest absolute Gasteiger partial charge is 0.240 e. The molecule has 2 heterocycles. The molecule has 0 saturated heterocycles. The molecular weight excluding hydrogens is 204 g/mol. The lowest BCUT2D eigenvalue weighted by molar-refractivity contribution is 0.441. The summed E-state index contributed by atoms with van der Waals surface area (Å²) in [5, 5.41) is 4.40. The predicted octanol–water partition coefficient (Wildman–Crippen LogP) is 2.48. The van der Waals surface area contributed by atoms with Crippen LogP contribution in [0.1, 0.15) is 43.0 Å². The molecule has 84 valence electrons. The highest BCUT2D eigenvalue weighted by Crippen LogP contribution is 2.33. The number of aromatic amines is 1. The molecule has 2 aromatic heterocycles. The van der Waals surface area contributed by atoms with Crippen molar-refractivity contribution in [3.05, 3.63) is 27.7 Å². The van der Waals surface area contributed by atoms with Gasteiger partial charge in [0, 0.05) is 11.8 Å². The van der Waals surface area contributed by atoms with Crippen molar-refractivity contribution in [3.63, 3.8) is 0 Å². The molecule has 1 fully saturated rings. The van der Waals surface area contributed by atoms with Gasteiger partial charge in [0.25, 0.3) is 0 Å². The highest BCUT2D eigenvalue weighted by molar-refractivity contribution is 5.75. The zero-order valence-corrected chi connectivity index (χ0v) is 9.25. The summed E-state index contributed by atoms with van der Waals surface area (Å²) in [6.07, 6.45) is 4.82. The second-order valence-electron chi connectivity index (χ2n) is 4.54. The molecule has 0 atom stereocenters. The number of nitrogens with zero attached hydrogens (tertiary/aromatic N) is 1. The van der Waals surface area contributed by atoms with Crippen LogP contribution < -0.4 is 5.43 Å². The average molecular weight is 218 g/mol. The fourth-order valence-electron chi connectivity index (χ4n) is 2.58. The lowest BCUT2D eigenvalue weighted by Crippen LogP contribution is -2.07. The highest BCUT2D eigenvalue weighted by atomic mass is 16.5. The lowest BCUT2D eigenvalue weighted by atomic mass is 10.0. The van der Waals surface area contributed by atoms with Crippen molar-refractivity contribution in [1.82, 2.24) is 10.1 Å². The lowest BCUT2D eigenvalue weighted by Gasteiger charge is -2.07. The molecular formula is C12H14N2O2. The van der Waals surface area contributed by atoms with Gasteiger partial charge >= 0.3 is 0 Å². The minimum atomic E-state index is 0.0226. The van der Waals surface area contributed by atoms with E-state index in [2.05, 4.69) is 10.1 Å². The quantitative estimate of drug-likeness (QED) is 0.799. The Hall–Kier alpha value is -1.58. The Morgan fingerprint density at radius 1 is 1.44 bits per heavy atom. The van der Waals surface area contributed by atoms with Crippen LogP contribution in [0, 0.1) is 6.92 Å². The zero-order chi connectivity index (χ0) is 11.1. The van der Waals surface area contributed by atoms with E-state index in [0.717, 1.165) is 18.5 Å². The monoisotopic (exact) mass is 218 g/mol. The molecule has 16 heavy (non-hydrogen) atoms. The van der Waals surface area contributed by atoms with E-state index in [9.17, 15) is 4.79 Å². The molecule has 0 unspecified atom stereocenters. The van der Waals surface area contributed by atoms with E-state index in [1.807, 2.05) is 0 Å². The van der Waals surface area contributed by atoms with E-state index in [0.29, 0.717) is 22.7 Å². The van der Waals surface area contributed by atoms with Crippen LogP contribution in [0.3, 0.4) is 0 Å². The molecule has 1 aliphatic rings. The van der Waals surface area contributed by atoms with E-state index in [1.54, 1.807) is 13.0 Å². The van der Waals surface area contributed by atoms with Crippen LogP contribution in [0.15, 0.2) is 15.4 Å². The maximum Gasteiger partial charge on any atom is 0.240 e. The Balaban J connectivity index is 2.17. The van der Waals surface area contributed by atoms with Crippen LogP contribution in [0.5, 0.6) is 0 Å². The van der Waals surface area contributed by atoms with Gasteiger partial charge in [0.15, 0.2) is 5.43 Å². The fraction of sp³-hybridized carbons (Fsp3) is 0.500. The van der Waals surface area contributed by atoms with Gasteiger partial charge in [0.1, 0.15) is 5.39 Å². The Labute approximate surface area is 92.6 Å². The third kappa shape index (κ3) is 1.37. The van der Waals surface area contributed by atoms with Crippen molar-refractivity contribution >= 4 is 11.1 Å². The summed E-state index contributed by atoms with van der Waals surface area (Å²) < 4.78 is 5.12. The maximum atomic E-state index is 11.9. The Kier molecular flexibility index (Phi) is 2.09. The van der Waals surface area contributed by atoms with Crippen molar-refractivity contribution in [1.29, 1.82) is 0 Å². The van der Waals surface area contributed by atoms with Crippen molar-refractivity contribution < 1.29 is 4.52 Å². The summed E-state index contributed by atoms with van der Waals surface area (Å²) >= 11 is 0. The summed E-state index contributed by atoms with van der Waals surface area (Å²) in [5.74, 6) is 0.488. The van der Waals surface area contributed by atoms with Crippen molar-refractivity contribution in [3.8, 4) is 0 Å². The first kappa shape index (κ1) is 9.63. The van der Waals surface area contributed by atoms with Crippen molar-refractivity contribution in [2.45, 2.75) is 38.5 Å². The van der Waals surface area contributed by atoms with Crippen molar-refractivity contribution in [2.24, 2.45) is 0 Å². The highest BCUT2D eigenvalue weighted by Gasteiger charge is 2.20. The first-order chi connectivity index (χ1) is 7.75. The zero-order valence-electron chi connectivity index (χ0n) is 9.25. The summed E-state index contributed by atoms with van der Waals surface area (Å²) in [6.45, 7) is 1.79. The molecule has 3 rings (SSSR count). The number of fused-ring (bicyclic) bond motifs is 1. The van der Waals surface area contributed by atoms with Gasteiger partial charge in [0.2, 0.25) is 5.71 Å². The average Bonchev–Trinajstić information content (AvgIpc) is 2.87. The predicted molar refractivity (Wildman–Crippen MR) is 60.6 cm³/mol. The molecule has 4 heteroatoms. The number of pyridine rings is 1. The third-order valence-electron chi connectivity index (χ3n) is 3.45. The number of H-pyrrole nitrogens is 1. The number of nitrogens with one attached hydrogen (secondary N) is 1. The molecule has 0 radical (unpaired) electrons. The van der Waals surface area contributed by atoms with Gasteiger partial charge in [-0.1, -0.05) is 18.0 Å². The second kappa shape index (κ2) is 3.47. The van der Waals surface area contributed by atoms with E-state index in [4.69, 9.17) is 4.52 Å². The summed E-state index contributed by atoms with van der Waals surface area (Å²) in [5.41, 5.74) is 2.21. The maximum absolute atomic E-state index is 11.9. The summed E-state index contributed by atoms with van der Waals surface area (Å²) in [6, 6.07) is 1.71. The molecule has 0 spiro atoms. The Morgan fingerprint density at radius 2 is 2.19 bits per heavy atom. The van der Waals surface area contributed by atoms with Gasteiger partial charge in [-0.3, -0.25) is 4.79 Å². The first-order valence-electron chi connectivity index (χ1n) is 5.75. The Morgan fingerprint density at radius 3 is 2.94 bits per heavy atom. The summed E-state index contributed by atoms with van der Waals surface area (Å²) in [7, 11) is 0. The number of rotatable bonds is 1. The normalized spacial score (nSPS) is 17.3. The number of aryl methyl sites for hydroxylation is 1. The minimum absolute atomic E-state index is 0.0226. The van der Waals surface area contributed by atoms with Crippen LogP contribution in [-0.2, 0) is 0 Å². The largest absolute Gasteiger partial charge is 0.337 e.